The fourth-order valence-corrected chi connectivity index (χ4v) is 4.87. The van der Waals surface area contributed by atoms with Gasteiger partial charge in [0.2, 0.25) is 0 Å². The van der Waals surface area contributed by atoms with E-state index in [-0.39, 0.29) is 0 Å². The van der Waals surface area contributed by atoms with Gasteiger partial charge in [0.05, 0.1) is 10.7 Å². The summed E-state index contributed by atoms with van der Waals surface area (Å²) in [7, 11) is 0. The standard InChI is InChI=1S/C16H26N2S/c1-6-17-11-8-15(2,3)9-12-13(11)19-14(18-12)10-7-16(10,4)5/h10-11,17H,6-9H2,1-5H3. The molecule has 3 rings (SSSR count). The summed E-state index contributed by atoms with van der Waals surface area (Å²) in [4.78, 5) is 6.54. The number of hydrogen-bond acceptors (Lipinski definition) is 3. The molecule has 2 nitrogen and oxygen atoms in total. The average molecular weight is 278 g/mol. The minimum atomic E-state index is 0.379. The summed E-state index contributed by atoms with van der Waals surface area (Å²) in [5.41, 5.74) is 2.25. The van der Waals surface area contributed by atoms with Crippen LogP contribution in [-0.2, 0) is 6.42 Å². The highest BCUT2D eigenvalue weighted by Gasteiger charge is 2.49. The molecule has 0 bridgehead atoms. The largest absolute Gasteiger partial charge is 0.309 e. The van der Waals surface area contributed by atoms with Crippen LogP contribution in [0.2, 0.25) is 0 Å². The van der Waals surface area contributed by atoms with Crippen LogP contribution in [-0.4, -0.2) is 11.5 Å². The first kappa shape index (κ1) is 13.6. The molecular weight excluding hydrogens is 252 g/mol. The Labute approximate surface area is 121 Å². The van der Waals surface area contributed by atoms with Gasteiger partial charge in [-0.1, -0.05) is 34.6 Å². The third kappa shape index (κ3) is 2.47. The number of hydrogen-bond donors (Lipinski definition) is 1. The van der Waals surface area contributed by atoms with Gasteiger partial charge in [0.1, 0.15) is 0 Å². The van der Waals surface area contributed by atoms with Gasteiger partial charge in [-0.2, -0.15) is 0 Å². The number of aromatic nitrogens is 1. The SMILES string of the molecule is CCNC1CC(C)(C)Cc2nc(C3CC3(C)C)sc21. The molecule has 0 spiro atoms. The van der Waals surface area contributed by atoms with Gasteiger partial charge in [-0.3, -0.25) is 0 Å². The van der Waals surface area contributed by atoms with Gasteiger partial charge in [0.15, 0.2) is 0 Å². The monoisotopic (exact) mass is 278 g/mol. The minimum Gasteiger partial charge on any atom is -0.309 e. The second-order valence-electron chi connectivity index (χ2n) is 7.76. The van der Waals surface area contributed by atoms with Gasteiger partial charge in [-0.05, 0) is 36.6 Å². The Bertz CT molecular complexity index is 487. The van der Waals surface area contributed by atoms with Gasteiger partial charge in [0, 0.05) is 16.8 Å². The summed E-state index contributed by atoms with van der Waals surface area (Å²) in [6.07, 6.45) is 3.70. The number of fused-ring (bicyclic) bond motifs is 1. The molecule has 1 aromatic heterocycles. The number of nitrogens with zero attached hydrogens (tertiary/aromatic N) is 1. The molecule has 2 aliphatic carbocycles. The first-order chi connectivity index (χ1) is 8.82. The van der Waals surface area contributed by atoms with Crippen molar-refractivity contribution < 1.29 is 0 Å². The van der Waals surface area contributed by atoms with Gasteiger partial charge in [-0.15, -0.1) is 11.3 Å². The Kier molecular flexibility index (Phi) is 3.06. The van der Waals surface area contributed by atoms with Crippen LogP contribution in [0.15, 0.2) is 0 Å². The lowest BCUT2D eigenvalue weighted by Gasteiger charge is -2.34. The Morgan fingerprint density at radius 2 is 1.95 bits per heavy atom. The predicted molar refractivity (Wildman–Crippen MR) is 81.8 cm³/mol. The molecule has 1 aromatic rings. The molecule has 2 unspecified atom stereocenters. The van der Waals surface area contributed by atoms with E-state index in [9.17, 15) is 0 Å². The van der Waals surface area contributed by atoms with E-state index in [2.05, 4.69) is 39.9 Å². The molecule has 0 aliphatic heterocycles. The summed E-state index contributed by atoms with van der Waals surface area (Å²) < 4.78 is 0. The van der Waals surface area contributed by atoms with E-state index in [0.717, 1.165) is 13.0 Å². The van der Waals surface area contributed by atoms with Crippen LogP contribution >= 0.6 is 11.3 Å². The first-order valence-corrected chi connectivity index (χ1v) is 8.37. The molecule has 2 aliphatic rings. The lowest BCUT2D eigenvalue weighted by Crippen LogP contribution is -2.32. The van der Waals surface area contributed by atoms with Crippen molar-refractivity contribution in [2.45, 2.75) is 65.8 Å². The van der Waals surface area contributed by atoms with Crippen LogP contribution in [0.5, 0.6) is 0 Å². The maximum absolute atomic E-state index is 5.02. The Hall–Kier alpha value is -0.410. The van der Waals surface area contributed by atoms with Crippen molar-refractivity contribution in [2.75, 3.05) is 6.54 Å². The molecule has 19 heavy (non-hydrogen) atoms. The van der Waals surface area contributed by atoms with Crippen LogP contribution in [0.1, 0.15) is 75.0 Å². The number of rotatable bonds is 3. The molecule has 1 fully saturated rings. The molecule has 0 amide bonds. The molecule has 1 N–H and O–H groups in total. The van der Waals surface area contributed by atoms with Crippen molar-refractivity contribution in [3.8, 4) is 0 Å². The zero-order valence-corrected chi connectivity index (χ0v) is 13.7. The van der Waals surface area contributed by atoms with Gasteiger partial charge in [0.25, 0.3) is 0 Å². The highest BCUT2D eigenvalue weighted by atomic mass is 32.1. The summed E-state index contributed by atoms with van der Waals surface area (Å²) in [5.74, 6) is 0.716. The minimum absolute atomic E-state index is 0.379. The van der Waals surface area contributed by atoms with E-state index in [1.54, 1.807) is 0 Å². The molecule has 0 saturated heterocycles. The fraction of sp³-hybridized carbons (Fsp3) is 0.812. The van der Waals surface area contributed by atoms with E-state index in [0.29, 0.717) is 22.8 Å². The zero-order chi connectivity index (χ0) is 13.8. The smallest absolute Gasteiger partial charge is 0.0968 e. The van der Waals surface area contributed by atoms with Crippen molar-refractivity contribution in [3.05, 3.63) is 15.6 Å². The second-order valence-corrected chi connectivity index (χ2v) is 8.83. The Morgan fingerprint density at radius 3 is 2.53 bits per heavy atom. The second kappa shape index (κ2) is 4.29. The topological polar surface area (TPSA) is 24.9 Å². The summed E-state index contributed by atoms with van der Waals surface area (Å²) in [6.45, 7) is 12.7. The van der Waals surface area contributed by atoms with E-state index in [1.807, 2.05) is 11.3 Å². The van der Waals surface area contributed by atoms with Crippen molar-refractivity contribution in [2.24, 2.45) is 10.8 Å². The first-order valence-electron chi connectivity index (χ1n) is 7.55. The van der Waals surface area contributed by atoms with E-state index in [4.69, 9.17) is 4.98 Å². The third-order valence-corrected chi connectivity index (χ3v) is 6.05. The van der Waals surface area contributed by atoms with Crippen LogP contribution in [0, 0.1) is 10.8 Å². The quantitative estimate of drug-likeness (QED) is 0.892. The molecule has 1 heterocycles. The normalized spacial score (nSPS) is 31.0. The van der Waals surface area contributed by atoms with Crippen molar-refractivity contribution >= 4 is 11.3 Å². The number of thiazole rings is 1. The van der Waals surface area contributed by atoms with Crippen LogP contribution in [0.4, 0.5) is 0 Å². The molecule has 0 radical (unpaired) electrons. The Balaban J connectivity index is 1.91. The van der Waals surface area contributed by atoms with E-state index in [1.165, 1.54) is 28.4 Å². The Morgan fingerprint density at radius 1 is 1.26 bits per heavy atom. The maximum Gasteiger partial charge on any atom is 0.0968 e. The molecule has 3 heteroatoms. The molecule has 2 atom stereocenters. The molecular formula is C16H26N2S. The van der Waals surface area contributed by atoms with E-state index >= 15 is 0 Å². The van der Waals surface area contributed by atoms with Crippen LogP contribution in [0.3, 0.4) is 0 Å². The van der Waals surface area contributed by atoms with E-state index < -0.39 is 0 Å². The molecule has 0 aromatic carbocycles. The third-order valence-electron chi connectivity index (χ3n) is 4.73. The lowest BCUT2D eigenvalue weighted by atomic mass is 9.76. The maximum atomic E-state index is 5.02. The highest BCUT2D eigenvalue weighted by Crippen LogP contribution is 2.60. The van der Waals surface area contributed by atoms with Gasteiger partial charge in [-0.25, -0.2) is 4.98 Å². The summed E-state index contributed by atoms with van der Waals surface area (Å²) in [6, 6.07) is 0.525. The van der Waals surface area contributed by atoms with Crippen molar-refractivity contribution in [3.63, 3.8) is 0 Å². The van der Waals surface area contributed by atoms with Gasteiger partial charge < -0.3 is 5.32 Å². The van der Waals surface area contributed by atoms with Gasteiger partial charge >= 0.3 is 0 Å². The van der Waals surface area contributed by atoms with Crippen molar-refractivity contribution in [1.82, 2.24) is 10.3 Å². The van der Waals surface area contributed by atoms with Crippen LogP contribution in [0.25, 0.3) is 0 Å². The number of nitrogens with one attached hydrogen (secondary N) is 1. The average Bonchev–Trinajstić information content (AvgIpc) is 2.73. The lowest BCUT2D eigenvalue weighted by molar-refractivity contribution is 0.260. The fourth-order valence-electron chi connectivity index (χ4n) is 3.40. The molecule has 106 valence electrons. The summed E-state index contributed by atoms with van der Waals surface area (Å²) >= 11 is 1.98. The molecule has 1 saturated carbocycles. The van der Waals surface area contributed by atoms with Crippen molar-refractivity contribution in [1.29, 1.82) is 0 Å². The summed E-state index contributed by atoms with van der Waals surface area (Å²) in [5, 5.41) is 5.06. The highest BCUT2D eigenvalue weighted by molar-refractivity contribution is 7.12. The zero-order valence-electron chi connectivity index (χ0n) is 12.8. The van der Waals surface area contributed by atoms with Crippen LogP contribution < -0.4 is 5.32 Å². The predicted octanol–water partition coefficient (Wildman–Crippen LogP) is 4.28.